The minimum absolute atomic E-state index is 0.299. The van der Waals surface area contributed by atoms with Crippen LogP contribution in [0.3, 0.4) is 0 Å². The molecule has 0 radical (unpaired) electrons. The summed E-state index contributed by atoms with van der Waals surface area (Å²) in [7, 11) is 0. The summed E-state index contributed by atoms with van der Waals surface area (Å²) in [5.41, 5.74) is 7.04. The first-order valence-corrected chi connectivity index (χ1v) is 7.59. The van der Waals surface area contributed by atoms with Crippen LogP contribution >= 0.6 is 0 Å². The molecule has 2 amide bonds. The number of hydrogen-bond acceptors (Lipinski definition) is 2. The topological polar surface area (TPSA) is 74.0 Å². The van der Waals surface area contributed by atoms with Crippen LogP contribution in [0.4, 0.5) is 0 Å². The van der Waals surface area contributed by atoms with Crippen LogP contribution in [-0.4, -0.2) is 16.8 Å². The number of nitrogens with one attached hydrogen (secondary N) is 3. The average molecular weight is 319 g/mol. The number of hydrazine groups is 1. The van der Waals surface area contributed by atoms with Gasteiger partial charge in [0.1, 0.15) is 5.69 Å². The molecular weight excluding hydrogens is 302 g/mol. The smallest absolute Gasteiger partial charge is 0.286 e. The molecule has 3 N–H and O–H groups in total. The molecule has 1 aromatic heterocycles. The van der Waals surface area contributed by atoms with Crippen LogP contribution in [0.1, 0.15) is 27.5 Å². The van der Waals surface area contributed by atoms with Crippen molar-refractivity contribution in [3.63, 3.8) is 0 Å². The van der Waals surface area contributed by atoms with Crippen molar-refractivity contribution >= 4 is 11.8 Å². The number of H-pyrrole nitrogens is 1. The molecule has 0 fully saturated rings. The number of hydrogen-bond donors (Lipinski definition) is 3. The molecule has 0 spiro atoms. The third-order valence-electron chi connectivity index (χ3n) is 3.67. The van der Waals surface area contributed by atoms with E-state index in [0.717, 1.165) is 11.1 Å². The van der Waals surface area contributed by atoms with Gasteiger partial charge in [-0.1, -0.05) is 60.7 Å². The molecule has 0 aliphatic carbocycles. The molecule has 0 saturated heterocycles. The fourth-order valence-electron chi connectivity index (χ4n) is 2.52. The highest BCUT2D eigenvalue weighted by Gasteiger charge is 2.23. The van der Waals surface area contributed by atoms with Crippen molar-refractivity contribution < 1.29 is 9.59 Å². The Morgan fingerprint density at radius 2 is 1.33 bits per heavy atom. The van der Waals surface area contributed by atoms with E-state index in [4.69, 9.17) is 0 Å². The SMILES string of the molecule is O=C(NNC(=O)C(c1ccccc1)c1ccccc1)c1ccc[nH]1. The molecule has 0 aliphatic heterocycles. The zero-order chi connectivity index (χ0) is 16.8. The van der Waals surface area contributed by atoms with Crippen molar-refractivity contribution in [2.75, 3.05) is 0 Å². The standard InChI is InChI=1S/C19H17N3O2/c23-18(16-12-7-13-20-16)21-22-19(24)17(14-8-3-1-4-9-14)15-10-5-2-6-11-15/h1-13,17,20H,(H,21,23)(H,22,24). The maximum absolute atomic E-state index is 12.7. The van der Waals surface area contributed by atoms with E-state index in [2.05, 4.69) is 15.8 Å². The van der Waals surface area contributed by atoms with E-state index in [0.29, 0.717) is 5.69 Å². The number of amides is 2. The fourth-order valence-corrected chi connectivity index (χ4v) is 2.52. The van der Waals surface area contributed by atoms with Crippen molar-refractivity contribution in [3.8, 4) is 0 Å². The molecule has 1 heterocycles. The van der Waals surface area contributed by atoms with Crippen LogP contribution in [0.5, 0.6) is 0 Å². The first-order chi connectivity index (χ1) is 11.8. The summed E-state index contributed by atoms with van der Waals surface area (Å²) in [6.45, 7) is 0. The van der Waals surface area contributed by atoms with Crippen molar-refractivity contribution in [1.82, 2.24) is 15.8 Å². The lowest BCUT2D eigenvalue weighted by Gasteiger charge is -2.18. The highest BCUT2D eigenvalue weighted by atomic mass is 16.2. The fraction of sp³-hybridized carbons (Fsp3) is 0.0526. The van der Waals surface area contributed by atoms with E-state index in [9.17, 15) is 9.59 Å². The zero-order valence-electron chi connectivity index (χ0n) is 12.9. The zero-order valence-corrected chi connectivity index (χ0v) is 12.9. The van der Waals surface area contributed by atoms with Crippen molar-refractivity contribution in [3.05, 3.63) is 95.8 Å². The molecule has 0 unspecified atom stereocenters. The Labute approximate surface area is 139 Å². The second-order valence-corrected chi connectivity index (χ2v) is 5.28. The highest BCUT2D eigenvalue weighted by Crippen LogP contribution is 2.24. The van der Waals surface area contributed by atoms with Crippen molar-refractivity contribution in [2.45, 2.75) is 5.92 Å². The second kappa shape index (κ2) is 7.28. The Balaban J connectivity index is 1.78. The summed E-state index contributed by atoms with van der Waals surface area (Å²) in [5, 5.41) is 0. The molecule has 5 heteroatoms. The van der Waals surface area contributed by atoms with E-state index < -0.39 is 11.8 Å². The molecule has 0 saturated carbocycles. The van der Waals surface area contributed by atoms with Gasteiger partial charge in [0.25, 0.3) is 5.91 Å². The van der Waals surface area contributed by atoms with Gasteiger partial charge < -0.3 is 4.98 Å². The Hall–Kier alpha value is -3.34. The van der Waals surface area contributed by atoms with Gasteiger partial charge in [0.2, 0.25) is 5.91 Å². The summed E-state index contributed by atoms with van der Waals surface area (Å²) >= 11 is 0. The maximum atomic E-state index is 12.7. The predicted octanol–water partition coefficient (Wildman–Crippen LogP) is 2.61. The van der Waals surface area contributed by atoms with Crippen LogP contribution < -0.4 is 10.9 Å². The summed E-state index contributed by atoms with van der Waals surface area (Å²) in [6, 6.07) is 22.3. The molecule has 24 heavy (non-hydrogen) atoms. The minimum Gasteiger partial charge on any atom is -0.357 e. The lowest BCUT2D eigenvalue weighted by molar-refractivity contribution is -0.122. The van der Waals surface area contributed by atoms with Gasteiger partial charge >= 0.3 is 0 Å². The maximum Gasteiger partial charge on any atom is 0.286 e. The molecule has 120 valence electrons. The third-order valence-corrected chi connectivity index (χ3v) is 3.67. The van der Waals surface area contributed by atoms with Crippen LogP contribution in [0.15, 0.2) is 79.0 Å². The van der Waals surface area contributed by atoms with Gasteiger partial charge in [-0.25, -0.2) is 0 Å². The van der Waals surface area contributed by atoms with Gasteiger partial charge in [-0.2, -0.15) is 0 Å². The number of carbonyl (C=O) groups is 2. The summed E-state index contributed by atoms with van der Waals surface area (Å²) < 4.78 is 0. The largest absolute Gasteiger partial charge is 0.357 e. The molecule has 3 aromatic rings. The molecule has 2 aromatic carbocycles. The number of carbonyl (C=O) groups excluding carboxylic acids is 2. The Morgan fingerprint density at radius 3 is 1.83 bits per heavy atom. The van der Waals surface area contributed by atoms with Crippen molar-refractivity contribution in [2.24, 2.45) is 0 Å². The monoisotopic (exact) mass is 319 g/mol. The Bertz CT molecular complexity index is 760. The lowest BCUT2D eigenvalue weighted by Crippen LogP contribution is -2.44. The summed E-state index contributed by atoms with van der Waals surface area (Å²) in [4.78, 5) is 27.4. The number of benzene rings is 2. The average Bonchev–Trinajstić information content (AvgIpc) is 3.16. The van der Waals surface area contributed by atoms with Crippen LogP contribution in [0.2, 0.25) is 0 Å². The van der Waals surface area contributed by atoms with E-state index in [1.165, 1.54) is 0 Å². The van der Waals surface area contributed by atoms with Crippen molar-refractivity contribution in [1.29, 1.82) is 0 Å². The summed E-state index contributed by atoms with van der Waals surface area (Å²) in [5.74, 6) is -1.20. The van der Waals surface area contributed by atoms with Gasteiger partial charge in [0.05, 0.1) is 5.92 Å². The first-order valence-electron chi connectivity index (χ1n) is 7.59. The van der Waals surface area contributed by atoms with E-state index in [1.54, 1.807) is 18.3 Å². The third kappa shape index (κ3) is 3.52. The Kier molecular flexibility index (Phi) is 4.72. The number of rotatable bonds is 4. The number of aromatic nitrogens is 1. The van der Waals surface area contributed by atoms with Gasteiger partial charge in [-0.15, -0.1) is 0 Å². The van der Waals surface area contributed by atoms with Gasteiger partial charge in [0.15, 0.2) is 0 Å². The van der Waals surface area contributed by atoms with Gasteiger partial charge in [0, 0.05) is 6.20 Å². The van der Waals surface area contributed by atoms with E-state index in [-0.39, 0.29) is 5.91 Å². The second-order valence-electron chi connectivity index (χ2n) is 5.28. The molecule has 3 rings (SSSR count). The molecule has 5 nitrogen and oxygen atoms in total. The molecule has 0 atom stereocenters. The summed E-state index contributed by atoms with van der Waals surface area (Å²) in [6.07, 6.45) is 1.65. The molecule has 0 bridgehead atoms. The van der Waals surface area contributed by atoms with Crippen LogP contribution in [0.25, 0.3) is 0 Å². The quantitative estimate of drug-likeness (QED) is 0.647. The normalized spacial score (nSPS) is 10.4. The Morgan fingerprint density at radius 1 is 0.750 bits per heavy atom. The lowest BCUT2D eigenvalue weighted by atomic mass is 9.91. The first kappa shape index (κ1) is 15.6. The van der Waals surface area contributed by atoms with Gasteiger partial charge in [-0.05, 0) is 23.3 Å². The minimum atomic E-state index is -0.503. The van der Waals surface area contributed by atoms with Crippen LogP contribution in [0, 0.1) is 0 Å². The van der Waals surface area contributed by atoms with Gasteiger partial charge in [-0.3, -0.25) is 20.4 Å². The van der Waals surface area contributed by atoms with E-state index in [1.807, 2.05) is 60.7 Å². The van der Waals surface area contributed by atoms with Crippen LogP contribution in [-0.2, 0) is 4.79 Å². The van der Waals surface area contributed by atoms with E-state index >= 15 is 0 Å². The highest BCUT2D eigenvalue weighted by molar-refractivity contribution is 5.95. The predicted molar refractivity (Wildman–Crippen MR) is 91.1 cm³/mol. The molecular formula is C19H17N3O2. The number of aromatic amines is 1. The molecule has 0 aliphatic rings.